The molecule has 0 heterocycles. The molecule has 1 aliphatic rings. The second-order valence-electron chi connectivity index (χ2n) is 5.18. The topological polar surface area (TPSA) is 79.5 Å². The van der Waals surface area contributed by atoms with Crippen molar-refractivity contribution < 1.29 is 18.0 Å². The lowest BCUT2D eigenvalue weighted by molar-refractivity contribution is -0.129. The van der Waals surface area contributed by atoms with E-state index in [4.69, 9.17) is 14.8 Å². The van der Waals surface area contributed by atoms with Crippen LogP contribution >= 0.6 is 11.8 Å². The molecule has 1 aliphatic carbocycles. The molecule has 9 heteroatoms. The van der Waals surface area contributed by atoms with E-state index in [1.54, 1.807) is 0 Å². The van der Waals surface area contributed by atoms with Crippen molar-refractivity contribution in [1.29, 1.82) is 5.26 Å². The lowest BCUT2D eigenvalue weighted by Crippen LogP contribution is -2.36. The van der Waals surface area contributed by atoms with E-state index in [9.17, 15) is 18.4 Å². The van der Waals surface area contributed by atoms with Gasteiger partial charge in [0.15, 0.2) is 0 Å². The molecule has 0 bridgehead atoms. The van der Waals surface area contributed by atoms with Crippen molar-refractivity contribution >= 4 is 17.5 Å². The highest BCUT2D eigenvalue weighted by Gasteiger charge is 2.40. The normalized spacial score (nSPS) is 20.5. The van der Waals surface area contributed by atoms with Gasteiger partial charge in [0.05, 0.1) is 18.2 Å². The van der Waals surface area contributed by atoms with Gasteiger partial charge in [-0.15, -0.1) is 11.8 Å². The summed E-state index contributed by atoms with van der Waals surface area (Å²) in [6.07, 6.45) is -1.38. The van der Waals surface area contributed by atoms with Crippen LogP contribution in [0.15, 0.2) is 5.16 Å². The predicted molar refractivity (Wildman–Crippen MR) is 84.9 cm³/mol. The van der Waals surface area contributed by atoms with E-state index in [0.717, 1.165) is 43.2 Å². The Hall–Kier alpha value is -1.30. The molecule has 0 N–H and O–H groups in total. The van der Waals surface area contributed by atoms with Crippen LogP contribution in [0.2, 0.25) is 0 Å². The van der Waals surface area contributed by atoms with Crippen molar-refractivity contribution in [3.05, 3.63) is 9.93 Å². The molecule has 1 saturated carbocycles. The second-order valence-corrected chi connectivity index (χ2v) is 6.61. The fraction of sp³-hybridized carbons (Fsp3) is 0.857. The number of thioether (sulfide) groups is 1. The van der Waals surface area contributed by atoms with Crippen LogP contribution in [-0.2, 0) is 4.84 Å². The first-order valence-electron chi connectivity index (χ1n) is 7.24. The maximum absolute atomic E-state index is 12.3. The molecular formula is C14H21F3N2O3S. The van der Waals surface area contributed by atoms with Crippen LogP contribution in [-0.4, -0.2) is 29.5 Å². The molecule has 0 amide bonds. The molecule has 1 fully saturated rings. The summed E-state index contributed by atoms with van der Waals surface area (Å²) in [6.45, 7) is 1.88. The van der Waals surface area contributed by atoms with Gasteiger partial charge in [-0.25, -0.2) is 0 Å². The molecule has 132 valence electrons. The molecule has 1 unspecified atom stereocenters. The van der Waals surface area contributed by atoms with Crippen molar-refractivity contribution in [2.75, 3.05) is 12.9 Å². The van der Waals surface area contributed by atoms with Crippen molar-refractivity contribution in [2.24, 2.45) is 11.1 Å². The fourth-order valence-corrected chi connectivity index (χ4v) is 4.14. The van der Waals surface area contributed by atoms with Gasteiger partial charge in [0.1, 0.15) is 11.9 Å². The lowest BCUT2D eigenvalue weighted by Gasteiger charge is -2.36. The van der Waals surface area contributed by atoms with Crippen LogP contribution in [0, 0.1) is 27.2 Å². The lowest BCUT2D eigenvalue weighted by atomic mass is 9.78. The fourth-order valence-electron chi connectivity index (χ4n) is 2.70. The molecule has 0 radical (unpaired) electrons. The molecule has 0 aromatic carbocycles. The van der Waals surface area contributed by atoms with Crippen molar-refractivity contribution in [3.63, 3.8) is 0 Å². The van der Waals surface area contributed by atoms with E-state index >= 15 is 0 Å². The monoisotopic (exact) mass is 354 g/mol. The molecule has 0 spiro atoms. The zero-order valence-electron chi connectivity index (χ0n) is 13.2. The van der Waals surface area contributed by atoms with Crippen LogP contribution in [0.4, 0.5) is 13.2 Å². The van der Waals surface area contributed by atoms with Gasteiger partial charge in [-0.3, -0.25) is 0 Å². The third-order valence-electron chi connectivity index (χ3n) is 3.90. The maximum Gasteiger partial charge on any atom is 0.389 e. The van der Waals surface area contributed by atoms with Crippen LogP contribution in [0.3, 0.4) is 0 Å². The first-order valence-corrected chi connectivity index (χ1v) is 8.23. The molecular weight excluding hydrogens is 333 g/mol. The molecule has 23 heavy (non-hydrogen) atoms. The van der Waals surface area contributed by atoms with E-state index in [1.807, 2.05) is 6.92 Å². The molecule has 0 aliphatic heterocycles. The van der Waals surface area contributed by atoms with Gasteiger partial charge in [0.25, 0.3) is 0 Å². The van der Waals surface area contributed by atoms with E-state index in [1.165, 1.54) is 7.11 Å². The summed E-state index contributed by atoms with van der Waals surface area (Å²) >= 11 is 1.16. The Morgan fingerprint density at radius 2 is 1.91 bits per heavy atom. The van der Waals surface area contributed by atoms with Gasteiger partial charge < -0.3 is 4.84 Å². The second kappa shape index (κ2) is 10.5. The van der Waals surface area contributed by atoms with Crippen molar-refractivity contribution in [3.8, 4) is 6.07 Å². The molecule has 1 atom stereocenters. The largest absolute Gasteiger partial charge is 0.399 e. The minimum absolute atomic E-state index is 0.0551. The first kappa shape index (κ1) is 21.7. The Balaban J connectivity index is 0.00000232. The zero-order chi connectivity index (χ0) is 17.9. The number of hydrogen-bond acceptors (Lipinski definition) is 6. The smallest absolute Gasteiger partial charge is 0.389 e. The third kappa shape index (κ3) is 7.20. The predicted octanol–water partition coefficient (Wildman–Crippen LogP) is 4.60. The molecule has 1 rings (SSSR count). The van der Waals surface area contributed by atoms with Gasteiger partial charge in [0, 0.05) is 15.7 Å². The van der Waals surface area contributed by atoms with Gasteiger partial charge in [0.2, 0.25) is 0 Å². The zero-order valence-corrected chi connectivity index (χ0v) is 14.0. The quantitative estimate of drug-likeness (QED) is 0.651. The highest BCUT2D eigenvalue weighted by atomic mass is 32.2. The highest BCUT2D eigenvalue weighted by molar-refractivity contribution is 8.00. The molecule has 0 aromatic rings. The summed E-state index contributed by atoms with van der Waals surface area (Å²) in [4.78, 5) is 18.7. The Kier molecular flexibility index (Phi) is 9.88. The highest BCUT2D eigenvalue weighted by Crippen LogP contribution is 2.44. The van der Waals surface area contributed by atoms with Crippen LogP contribution in [0.25, 0.3) is 0 Å². The van der Waals surface area contributed by atoms with E-state index in [0.29, 0.717) is 6.42 Å². The summed E-state index contributed by atoms with van der Waals surface area (Å²) < 4.78 is 36.2. The average Bonchev–Trinajstić information content (AvgIpc) is 2.54. The number of rotatable bonds is 6. The average molecular weight is 354 g/mol. The molecule has 0 aromatic heterocycles. The van der Waals surface area contributed by atoms with Crippen LogP contribution in [0.1, 0.15) is 45.4 Å². The number of oxime groups is 1. The number of hydrogen-bond donors (Lipinski definition) is 0. The maximum atomic E-state index is 12.3. The standard InChI is InChI=1S/C14H21F3N2OS.O2/c1-3-13(10-18,21-9-8-14(15,16)17)11-4-6-12(7-5-11)19-20-2;1-2/h11H,3-9H2,1-2H3;. The minimum atomic E-state index is -4.16. The molecule has 5 nitrogen and oxygen atoms in total. The van der Waals surface area contributed by atoms with Crippen LogP contribution in [0.5, 0.6) is 0 Å². The Labute approximate surface area is 137 Å². The number of alkyl halides is 3. The summed E-state index contributed by atoms with van der Waals surface area (Å²) in [7, 11) is 1.50. The first-order chi connectivity index (χ1) is 10.9. The summed E-state index contributed by atoms with van der Waals surface area (Å²) in [6, 6.07) is 2.29. The number of nitriles is 1. The Bertz CT molecular complexity index is 416. The summed E-state index contributed by atoms with van der Waals surface area (Å²) in [5.41, 5.74) is 0.969. The van der Waals surface area contributed by atoms with Gasteiger partial charge in [-0.05, 0) is 38.0 Å². The summed E-state index contributed by atoms with van der Waals surface area (Å²) in [5.74, 6) is 0.0574. The summed E-state index contributed by atoms with van der Waals surface area (Å²) in [5, 5.41) is 13.4. The minimum Gasteiger partial charge on any atom is -0.399 e. The van der Waals surface area contributed by atoms with Gasteiger partial charge in [-0.2, -0.15) is 18.4 Å². The Morgan fingerprint density at radius 3 is 2.30 bits per heavy atom. The van der Waals surface area contributed by atoms with E-state index in [-0.39, 0.29) is 11.7 Å². The van der Waals surface area contributed by atoms with Crippen molar-refractivity contribution in [1.82, 2.24) is 0 Å². The van der Waals surface area contributed by atoms with E-state index < -0.39 is 17.3 Å². The van der Waals surface area contributed by atoms with Crippen molar-refractivity contribution in [2.45, 2.75) is 56.4 Å². The number of halogens is 3. The van der Waals surface area contributed by atoms with Crippen LogP contribution < -0.4 is 0 Å². The third-order valence-corrected chi connectivity index (χ3v) is 5.54. The van der Waals surface area contributed by atoms with Gasteiger partial charge >= 0.3 is 6.18 Å². The molecule has 0 saturated heterocycles. The Morgan fingerprint density at radius 1 is 1.35 bits per heavy atom. The number of nitrogens with zero attached hydrogens (tertiary/aromatic N) is 2. The van der Waals surface area contributed by atoms with Gasteiger partial charge in [-0.1, -0.05) is 12.1 Å². The SMILES string of the molecule is CCC(C#N)(SCCC(F)(F)F)C1CCC(=NOC)CC1.O=O. The van der Waals surface area contributed by atoms with E-state index in [2.05, 4.69) is 11.2 Å².